The molecular weight excluding hydrogens is 421 g/mol. The topological polar surface area (TPSA) is 69.4 Å². The maximum absolute atomic E-state index is 13.8. The summed E-state index contributed by atoms with van der Waals surface area (Å²) in [5, 5.41) is 4.13. The van der Waals surface area contributed by atoms with Gasteiger partial charge in [0, 0.05) is 23.7 Å². The molecule has 0 amide bonds. The Morgan fingerprint density at radius 3 is 2.50 bits per heavy atom. The van der Waals surface area contributed by atoms with Crippen LogP contribution in [0.2, 0.25) is 18.1 Å². The quantitative estimate of drug-likeness (QED) is 0.310. The number of hydrogen-bond acceptors (Lipinski definition) is 5. The van der Waals surface area contributed by atoms with Crippen LogP contribution in [0.15, 0.2) is 48.5 Å². The minimum atomic E-state index is -2.10. The van der Waals surface area contributed by atoms with Crippen molar-refractivity contribution in [1.82, 2.24) is 4.98 Å². The fourth-order valence-electron chi connectivity index (χ4n) is 3.20. The molecular formula is C25H34FN3O2Si. The number of anilines is 2. The van der Waals surface area contributed by atoms with E-state index in [-0.39, 0.29) is 11.6 Å². The zero-order valence-electron chi connectivity index (χ0n) is 19.8. The first-order chi connectivity index (χ1) is 15.0. The van der Waals surface area contributed by atoms with Gasteiger partial charge < -0.3 is 20.2 Å². The van der Waals surface area contributed by atoms with Gasteiger partial charge in [0.25, 0.3) is 0 Å². The van der Waals surface area contributed by atoms with Crippen LogP contribution in [0, 0.1) is 0 Å². The van der Waals surface area contributed by atoms with Gasteiger partial charge in [-0.15, -0.1) is 0 Å². The monoisotopic (exact) mass is 455 g/mol. The number of nitrogens with two attached hydrogens (primary N) is 1. The van der Waals surface area contributed by atoms with Crippen LogP contribution < -0.4 is 15.8 Å². The second-order valence-corrected chi connectivity index (χ2v) is 14.3. The Kier molecular flexibility index (Phi) is 7.10. The Bertz CT molecular complexity index is 1080. The first kappa shape index (κ1) is 24.0. The number of pyridine rings is 1. The van der Waals surface area contributed by atoms with E-state index in [1.54, 1.807) is 0 Å². The molecule has 1 heterocycles. The summed E-state index contributed by atoms with van der Waals surface area (Å²) in [4.78, 5) is 4.76. The molecule has 0 saturated heterocycles. The van der Waals surface area contributed by atoms with Gasteiger partial charge in [-0.25, -0.2) is 9.37 Å². The first-order valence-electron chi connectivity index (χ1n) is 10.9. The van der Waals surface area contributed by atoms with Crippen LogP contribution in [-0.4, -0.2) is 39.7 Å². The number of benzene rings is 2. The van der Waals surface area contributed by atoms with E-state index in [4.69, 9.17) is 19.9 Å². The van der Waals surface area contributed by atoms with Gasteiger partial charge in [0.2, 0.25) is 0 Å². The van der Waals surface area contributed by atoms with Gasteiger partial charge in [0.1, 0.15) is 25.1 Å². The van der Waals surface area contributed by atoms with Gasteiger partial charge in [-0.2, -0.15) is 0 Å². The van der Waals surface area contributed by atoms with Crippen molar-refractivity contribution in [2.75, 3.05) is 31.4 Å². The summed E-state index contributed by atoms with van der Waals surface area (Å²) in [6, 6.07) is 15.5. The third-order valence-electron chi connectivity index (χ3n) is 6.12. The summed E-state index contributed by atoms with van der Waals surface area (Å²) < 4.78 is 26.0. The van der Waals surface area contributed by atoms with Gasteiger partial charge in [-0.05, 0) is 54.5 Å². The lowest BCUT2D eigenvalue weighted by atomic mass is 10.1. The van der Waals surface area contributed by atoms with Crippen molar-refractivity contribution in [1.29, 1.82) is 0 Å². The van der Waals surface area contributed by atoms with Crippen LogP contribution in [0.4, 0.5) is 15.8 Å². The second-order valence-electron chi connectivity index (χ2n) is 9.58. The number of rotatable bonds is 8. The average Bonchev–Trinajstić information content (AvgIpc) is 2.75. The van der Waals surface area contributed by atoms with Crippen molar-refractivity contribution >= 4 is 30.6 Å². The highest BCUT2D eigenvalue weighted by molar-refractivity contribution is 6.74. The fraction of sp³-hybridized carbons (Fsp3) is 0.400. The Morgan fingerprint density at radius 2 is 1.84 bits per heavy atom. The maximum Gasteiger partial charge on any atom is 0.192 e. The van der Waals surface area contributed by atoms with E-state index in [1.165, 1.54) is 0 Å². The molecule has 7 heteroatoms. The standard InChI is InChI=1S/C25H34FN3O2Si/c1-25(2,3)32(5,6)31-20(15-26)16-30-24-14-18(8-11-23(24)28-4)21-10-7-17-13-19(27)9-12-22(17)29-21/h7-14,20,28H,15-16,27H2,1-6H3. The average molecular weight is 456 g/mol. The van der Waals surface area contributed by atoms with Gasteiger partial charge in [-0.3, -0.25) is 0 Å². The van der Waals surface area contributed by atoms with Crippen molar-refractivity contribution in [2.45, 2.75) is 45.0 Å². The largest absolute Gasteiger partial charge is 0.489 e. The van der Waals surface area contributed by atoms with Crippen LogP contribution in [0.5, 0.6) is 5.75 Å². The van der Waals surface area contributed by atoms with Gasteiger partial charge in [0.05, 0.1) is 16.9 Å². The number of alkyl halides is 1. The molecule has 0 radical (unpaired) electrons. The molecule has 1 unspecified atom stereocenters. The van der Waals surface area contributed by atoms with E-state index in [1.807, 2.05) is 55.6 Å². The van der Waals surface area contributed by atoms with E-state index in [0.29, 0.717) is 11.4 Å². The molecule has 0 fully saturated rings. The van der Waals surface area contributed by atoms with Crippen LogP contribution in [-0.2, 0) is 4.43 Å². The van der Waals surface area contributed by atoms with Gasteiger partial charge in [-0.1, -0.05) is 32.9 Å². The normalized spacial score (nSPS) is 13.2. The minimum absolute atomic E-state index is 0.00287. The Morgan fingerprint density at radius 1 is 1.09 bits per heavy atom. The highest BCUT2D eigenvalue weighted by Gasteiger charge is 2.39. The fourth-order valence-corrected chi connectivity index (χ4v) is 4.52. The zero-order valence-corrected chi connectivity index (χ0v) is 20.8. The zero-order chi connectivity index (χ0) is 23.5. The van der Waals surface area contributed by atoms with Gasteiger partial charge in [0.15, 0.2) is 8.32 Å². The number of ether oxygens (including phenoxy) is 1. The molecule has 0 aliphatic carbocycles. The summed E-state index contributed by atoms with van der Waals surface area (Å²) in [6.07, 6.45) is -0.603. The lowest BCUT2D eigenvalue weighted by molar-refractivity contribution is 0.0923. The predicted molar refractivity (Wildman–Crippen MR) is 135 cm³/mol. The van der Waals surface area contributed by atoms with Gasteiger partial charge >= 0.3 is 0 Å². The van der Waals surface area contributed by atoms with E-state index in [2.05, 4.69) is 39.2 Å². The van der Waals surface area contributed by atoms with Crippen LogP contribution in [0.1, 0.15) is 20.8 Å². The number of aromatic nitrogens is 1. The Labute approximate surface area is 191 Å². The molecule has 0 aliphatic rings. The third-order valence-corrected chi connectivity index (χ3v) is 10.7. The number of nitrogens with one attached hydrogen (secondary N) is 1. The maximum atomic E-state index is 13.8. The SMILES string of the molecule is CNc1ccc(-c2ccc3cc(N)ccc3n2)cc1OCC(CF)O[Si](C)(C)C(C)(C)C. The highest BCUT2D eigenvalue weighted by Crippen LogP contribution is 2.38. The predicted octanol–water partition coefficient (Wildman–Crippen LogP) is 6.26. The molecule has 0 saturated carbocycles. The van der Waals surface area contributed by atoms with E-state index >= 15 is 0 Å². The van der Waals surface area contributed by atoms with Crippen LogP contribution >= 0.6 is 0 Å². The molecule has 0 bridgehead atoms. The summed E-state index contributed by atoms with van der Waals surface area (Å²) >= 11 is 0. The van der Waals surface area contributed by atoms with Crippen LogP contribution in [0.25, 0.3) is 22.2 Å². The summed E-state index contributed by atoms with van der Waals surface area (Å²) in [5.41, 5.74) is 10.0. The summed E-state index contributed by atoms with van der Waals surface area (Å²) in [6.45, 7) is 10.2. The van der Waals surface area contributed by atoms with Crippen molar-refractivity contribution < 1.29 is 13.6 Å². The molecule has 3 N–H and O–H groups in total. The highest BCUT2D eigenvalue weighted by atomic mass is 28.4. The van der Waals surface area contributed by atoms with Crippen molar-refractivity contribution in [3.05, 3.63) is 48.5 Å². The number of nitrogen functional groups attached to an aromatic ring is 1. The Hall–Kier alpha value is -2.64. The number of halogens is 1. The van der Waals surface area contributed by atoms with Crippen molar-refractivity contribution in [3.8, 4) is 17.0 Å². The lowest BCUT2D eigenvalue weighted by Gasteiger charge is -2.38. The number of hydrogen-bond donors (Lipinski definition) is 2. The lowest BCUT2D eigenvalue weighted by Crippen LogP contribution is -2.46. The van der Waals surface area contributed by atoms with E-state index in [0.717, 1.165) is 27.8 Å². The number of nitrogens with zero attached hydrogens (tertiary/aromatic N) is 1. The molecule has 172 valence electrons. The minimum Gasteiger partial charge on any atom is -0.489 e. The Balaban J connectivity index is 1.83. The van der Waals surface area contributed by atoms with Crippen molar-refractivity contribution in [2.24, 2.45) is 0 Å². The third kappa shape index (κ3) is 5.39. The smallest absolute Gasteiger partial charge is 0.192 e. The number of fused-ring (bicyclic) bond motifs is 1. The molecule has 1 aromatic heterocycles. The summed E-state index contributed by atoms with van der Waals surface area (Å²) in [7, 11) is -0.265. The molecule has 32 heavy (non-hydrogen) atoms. The van der Waals surface area contributed by atoms with Crippen molar-refractivity contribution in [3.63, 3.8) is 0 Å². The molecule has 1 atom stereocenters. The molecule has 3 rings (SSSR count). The molecule has 0 aliphatic heterocycles. The molecule has 0 spiro atoms. The second kappa shape index (κ2) is 9.46. The van der Waals surface area contributed by atoms with E-state index in [9.17, 15) is 4.39 Å². The van der Waals surface area contributed by atoms with Crippen LogP contribution in [0.3, 0.4) is 0 Å². The summed E-state index contributed by atoms with van der Waals surface area (Å²) in [5.74, 6) is 0.640. The molecule has 5 nitrogen and oxygen atoms in total. The van der Waals surface area contributed by atoms with E-state index < -0.39 is 21.1 Å². The first-order valence-corrected chi connectivity index (χ1v) is 13.8. The molecule has 2 aromatic carbocycles. The molecule has 3 aromatic rings.